The molecule has 0 N–H and O–H groups in total. The van der Waals surface area contributed by atoms with Crippen molar-refractivity contribution in [3.05, 3.63) is 89.5 Å². The van der Waals surface area contributed by atoms with E-state index >= 15 is 0 Å². The fourth-order valence-corrected chi connectivity index (χ4v) is 10.5. The number of carbonyl (C=O) groups excluding carboxylic acids is 2. The highest BCUT2D eigenvalue weighted by Crippen LogP contribution is 2.68. The molecule has 0 spiro atoms. The molecular weight excluding hydrogens is 544 g/mol. The van der Waals surface area contributed by atoms with Gasteiger partial charge in [0.1, 0.15) is 12.2 Å². The maximum absolute atomic E-state index is 12.6. The summed E-state index contributed by atoms with van der Waals surface area (Å²) in [5.74, 6) is 2.32. The Morgan fingerprint density at radius 2 is 1.36 bits per heavy atom. The van der Waals surface area contributed by atoms with Gasteiger partial charge >= 0.3 is 11.9 Å². The molecule has 4 saturated carbocycles. The van der Waals surface area contributed by atoms with E-state index in [-0.39, 0.29) is 35.0 Å². The second kappa shape index (κ2) is 12.3. The molecule has 0 bridgehead atoms. The summed E-state index contributed by atoms with van der Waals surface area (Å²) in [7, 11) is 0. The molecular formula is C40H50O4. The highest BCUT2D eigenvalue weighted by Gasteiger charge is 2.64. The van der Waals surface area contributed by atoms with Crippen molar-refractivity contribution in [3.8, 4) is 0 Å². The number of hydrogen-bond acceptors (Lipinski definition) is 4. The summed E-state index contributed by atoms with van der Waals surface area (Å²) in [4.78, 5) is 24.3. The number of fused-ring (bicyclic) bond motifs is 5. The lowest BCUT2D eigenvalue weighted by molar-refractivity contribution is -0.193. The van der Waals surface area contributed by atoms with E-state index in [1.54, 1.807) is 6.92 Å². The number of carbonyl (C=O) groups is 2. The quantitative estimate of drug-likeness (QED) is 0.247. The molecule has 4 aliphatic rings. The zero-order chi connectivity index (χ0) is 31.1. The zero-order valence-electron chi connectivity index (χ0n) is 27.3. The van der Waals surface area contributed by atoms with Gasteiger partial charge in [0.2, 0.25) is 0 Å². The van der Waals surface area contributed by atoms with Crippen molar-refractivity contribution >= 4 is 17.5 Å². The first-order valence-electron chi connectivity index (χ1n) is 16.9. The lowest BCUT2D eigenvalue weighted by Crippen LogP contribution is -2.59. The molecule has 0 heterocycles. The van der Waals surface area contributed by atoms with Crippen LogP contribution in [0.1, 0.15) is 97.1 Å². The third-order valence-corrected chi connectivity index (χ3v) is 12.6. The topological polar surface area (TPSA) is 52.6 Å². The number of hydrogen-bond donors (Lipinski definition) is 0. The first-order chi connectivity index (χ1) is 21.1. The summed E-state index contributed by atoms with van der Waals surface area (Å²) >= 11 is 0. The fraction of sp³-hybridized carbons (Fsp3) is 0.550. The largest absolute Gasteiger partial charge is 0.463 e. The summed E-state index contributed by atoms with van der Waals surface area (Å²) in [6.07, 6.45) is 13.3. The van der Waals surface area contributed by atoms with Gasteiger partial charge in [0, 0.05) is 19.3 Å². The van der Waals surface area contributed by atoms with Crippen molar-refractivity contribution in [1.29, 1.82) is 0 Å². The molecule has 4 heteroatoms. The van der Waals surface area contributed by atoms with E-state index in [2.05, 4.69) is 93.6 Å². The first kappa shape index (κ1) is 30.9. The highest BCUT2D eigenvalue weighted by atomic mass is 16.5. The SMILES string of the molecule is CC(=O)O[C@@H]1CC[C@@]2(C)[C@H](CC[C@H]3[C@H]2C[C@H](OC(C)=O)[C@@]2(C)[C@H](/C(C)=C\C=C(c4ccccc4)c4ccccc4)CC[C@@H]32)C1. The Hall–Kier alpha value is -3.14. The van der Waals surface area contributed by atoms with Gasteiger partial charge in [-0.15, -0.1) is 0 Å². The Morgan fingerprint density at radius 1 is 0.727 bits per heavy atom. The molecule has 0 amide bonds. The molecule has 4 aliphatic carbocycles. The summed E-state index contributed by atoms with van der Waals surface area (Å²) in [5, 5.41) is 0. The molecule has 2 aromatic carbocycles. The molecule has 2 aromatic rings. The van der Waals surface area contributed by atoms with Crippen molar-refractivity contribution in [2.24, 2.45) is 40.4 Å². The Balaban J connectivity index is 1.31. The molecule has 0 unspecified atom stereocenters. The third kappa shape index (κ3) is 5.59. The summed E-state index contributed by atoms with van der Waals surface area (Å²) in [6.45, 7) is 10.4. The van der Waals surface area contributed by atoms with Crippen LogP contribution >= 0.6 is 0 Å². The standard InChI is InChI=1S/C40H50O4/c1-26(16-18-33(29-12-8-6-9-13-29)30-14-10-7-11-15-30)35-20-21-36-34-19-17-31-24-32(43-27(2)41)22-23-39(31,4)37(34)25-38(40(35,36)5)44-28(3)42/h6-16,18,31-32,34-38H,17,19-25H2,1-5H3/b26-16-/t31-,32-,34-,35+,36+,37-,38+,39+,40+/m1/s1. The first-order valence-corrected chi connectivity index (χ1v) is 16.9. The Labute approximate surface area is 264 Å². The second-order valence-electron chi connectivity index (χ2n) is 14.7. The monoisotopic (exact) mass is 594 g/mol. The average molecular weight is 595 g/mol. The Bertz CT molecular complexity index is 1370. The zero-order valence-corrected chi connectivity index (χ0v) is 27.3. The van der Waals surface area contributed by atoms with E-state index in [0.29, 0.717) is 29.6 Å². The predicted molar refractivity (Wildman–Crippen MR) is 175 cm³/mol. The summed E-state index contributed by atoms with van der Waals surface area (Å²) in [5.41, 5.74) is 5.15. The van der Waals surface area contributed by atoms with E-state index in [9.17, 15) is 9.59 Å². The maximum atomic E-state index is 12.6. The number of rotatable bonds is 6. The fourth-order valence-electron chi connectivity index (χ4n) is 10.5. The number of allylic oxidation sites excluding steroid dienone is 3. The minimum absolute atomic E-state index is 0.0496. The molecule has 234 valence electrons. The molecule has 44 heavy (non-hydrogen) atoms. The van der Waals surface area contributed by atoms with Gasteiger partial charge in [0.05, 0.1) is 0 Å². The van der Waals surface area contributed by atoms with Crippen LogP contribution in [-0.4, -0.2) is 24.1 Å². The lowest BCUT2D eigenvalue weighted by Gasteiger charge is -2.62. The number of esters is 2. The maximum Gasteiger partial charge on any atom is 0.302 e. The van der Waals surface area contributed by atoms with Crippen molar-refractivity contribution in [2.75, 3.05) is 0 Å². The van der Waals surface area contributed by atoms with Crippen LogP contribution in [0, 0.1) is 40.4 Å². The lowest BCUT2D eigenvalue weighted by atomic mass is 9.44. The van der Waals surface area contributed by atoms with Crippen molar-refractivity contribution in [3.63, 3.8) is 0 Å². The van der Waals surface area contributed by atoms with E-state index in [0.717, 1.165) is 32.1 Å². The smallest absolute Gasteiger partial charge is 0.302 e. The normalized spacial score (nSPS) is 36.3. The van der Waals surface area contributed by atoms with Crippen LogP contribution < -0.4 is 0 Å². The molecule has 0 aliphatic heterocycles. The average Bonchev–Trinajstić information content (AvgIpc) is 3.37. The van der Waals surface area contributed by atoms with Crippen LogP contribution in [0.5, 0.6) is 0 Å². The van der Waals surface area contributed by atoms with Crippen molar-refractivity contribution in [2.45, 2.75) is 98.2 Å². The van der Waals surface area contributed by atoms with Crippen LogP contribution in [0.15, 0.2) is 78.4 Å². The van der Waals surface area contributed by atoms with E-state index in [4.69, 9.17) is 9.47 Å². The highest BCUT2D eigenvalue weighted by molar-refractivity contribution is 5.80. The van der Waals surface area contributed by atoms with Gasteiger partial charge in [-0.1, -0.05) is 92.2 Å². The molecule has 4 nitrogen and oxygen atoms in total. The van der Waals surface area contributed by atoms with Gasteiger partial charge in [-0.2, -0.15) is 0 Å². The Morgan fingerprint density at radius 3 is 1.98 bits per heavy atom. The Kier molecular flexibility index (Phi) is 8.65. The van der Waals surface area contributed by atoms with Gasteiger partial charge in [-0.25, -0.2) is 0 Å². The third-order valence-electron chi connectivity index (χ3n) is 12.6. The molecule has 9 atom stereocenters. The molecule has 0 aromatic heterocycles. The van der Waals surface area contributed by atoms with Crippen LogP contribution in [0.25, 0.3) is 5.57 Å². The van der Waals surface area contributed by atoms with Crippen molar-refractivity contribution < 1.29 is 19.1 Å². The van der Waals surface area contributed by atoms with Gasteiger partial charge < -0.3 is 9.47 Å². The van der Waals surface area contributed by atoms with Crippen LogP contribution in [0.2, 0.25) is 0 Å². The minimum Gasteiger partial charge on any atom is -0.463 e. The number of benzene rings is 2. The summed E-state index contributed by atoms with van der Waals surface area (Å²) in [6, 6.07) is 21.3. The molecule has 4 fully saturated rings. The number of ether oxygens (including phenoxy) is 2. The second-order valence-corrected chi connectivity index (χ2v) is 14.7. The molecule has 0 radical (unpaired) electrons. The van der Waals surface area contributed by atoms with Crippen LogP contribution in [0.4, 0.5) is 0 Å². The summed E-state index contributed by atoms with van der Waals surface area (Å²) < 4.78 is 12.0. The van der Waals surface area contributed by atoms with Crippen LogP contribution in [-0.2, 0) is 19.1 Å². The van der Waals surface area contributed by atoms with Gasteiger partial charge in [-0.3, -0.25) is 9.59 Å². The minimum atomic E-state index is -0.162. The van der Waals surface area contributed by atoms with E-state index < -0.39 is 0 Å². The molecule has 6 rings (SSSR count). The van der Waals surface area contributed by atoms with Gasteiger partial charge in [0.15, 0.2) is 0 Å². The van der Waals surface area contributed by atoms with E-state index in [1.165, 1.54) is 48.5 Å². The van der Waals surface area contributed by atoms with Crippen LogP contribution in [0.3, 0.4) is 0 Å². The molecule has 0 saturated heterocycles. The van der Waals surface area contributed by atoms with E-state index in [1.807, 2.05) is 0 Å². The predicted octanol–water partition coefficient (Wildman–Crippen LogP) is 9.20. The van der Waals surface area contributed by atoms with Gasteiger partial charge in [-0.05, 0) is 110 Å². The van der Waals surface area contributed by atoms with Gasteiger partial charge in [0.25, 0.3) is 0 Å². The van der Waals surface area contributed by atoms with Crippen molar-refractivity contribution in [1.82, 2.24) is 0 Å².